The molecule has 1 unspecified atom stereocenters. The number of ether oxygens (including phenoxy) is 1. The van der Waals surface area contributed by atoms with E-state index < -0.39 is 27.9 Å². The molecular weight excluding hydrogens is 265 g/mol. The number of esters is 1. The number of hydrogen-bond acceptors (Lipinski definition) is 5. The molecule has 0 N–H and O–H groups in total. The molecule has 1 fully saturated rings. The van der Waals surface area contributed by atoms with Crippen LogP contribution in [0, 0.1) is 5.92 Å². The number of hydrogen-bond donors (Lipinski definition) is 0. The zero-order chi connectivity index (χ0) is 13.9. The van der Waals surface area contributed by atoms with Gasteiger partial charge in [-0.3, -0.25) is 4.79 Å². The first-order chi connectivity index (χ1) is 8.23. The molecule has 1 aliphatic rings. The van der Waals surface area contributed by atoms with Gasteiger partial charge in [-0.2, -0.15) is 8.42 Å². The van der Waals surface area contributed by atoms with Gasteiger partial charge in [0.2, 0.25) is 5.91 Å². The summed E-state index contributed by atoms with van der Waals surface area (Å²) in [6.45, 7) is 1.61. The second-order valence-corrected chi connectivity index (χ2v) is 5.50. The summed E-state index contributed by atoms with van der Waals surface area (Å²) in [5.74, 6) is -2.21. The molecule has 0 spiro atoms. The minimum Gasteiger partial charge on any atom is -0.466 e. The number of halogens is 1. The van der Waals surface area contributed by atoms with Gasteiger partial charge in [-0.25, -0.2) is 4.79 Å². The van der Waals surface area contributed by atoms with Crippen LogP contribution in [0.25, 0.3) is 0 Å². The van der Waals surface area contributed by atoms with E-state index in [-0.39, 0.29) is 18.9 Å². The van der Waals surface area contributed by atoms with E-state index in [4.69, 9.17) is 0 Å². The van der Waals surface area contributed by atoms with E-state index in [9.17, 15) is 21.9 Å². The van der Waals surface area contributed by atoms with Crippen LogP contribution in [0.3, 0.4) is 0 Å². The van der Waals surface area contributed by atoms with Crippen LogP contribution in [0.15, 0.2) is 11.8 Å². The Morgan fingerprint density at radius 2 is 2.22 bits per heavy atom. The summed E-state index contributed by atoms with van der Waals surface area (Å²) < 4.78 is 37.9. The van der Waals surface area contributed by atoms with Crippen molar-refractivity contribution in [2.24, 2.45) is 5.92 Å². The molecule has 0 saturated carbocycles. The molecule has 0 aliphatic carbocycles. The molecule has 0 aromatic heterocycles. The van der Waals surface area contributed by atoms with E-state index in [1.54, 1.807) is 0 Å². The summed E-state index contributed by atoms with van der Waals surface area (Å²) in [4.78, 5) is 23.9. The summed E-state index contributed by atoms with van der Waals surface area (Å²) in [6, 6.07) is 0. The van der Waals surface area contributed by atoms with Gasteiger partial charge in [0, 0.05) is 30.7 Å². The molecule has 6 nitrogen and oxygen atoms in total. The second kappa shape index (κ2) is 5.47. The SMILES string of the molecule is COC(=O)C=C(C)N1CC(CS(=O)(=O)F)CC1=O. The molecular formula is C10H14FNO5S. The van der Waals surface area contributed by atoms with E-state index in [0.717, 1.165) is 6.08 Å². The number of carbonyl (C=O) groups excluding carboxylic acids is 2. The Bertz CT molecular complexity index is 484. The quantitative estimate of drug-likeness (QED) is 0.417. The van der Waals surface area contributed by atoms with Crippen LogP contribution in [-0.2, 0) is 24.5 Å². The molecule has 1 saturated heterocycles. The summed E-state index contributed by atoms with van der Waals surface area (Å²) in [7, 11) is -3.39. The lowest BCUT2D eigenvalue weighted by Crippen LogP contribution is -2.24. The number of rotatable bonds is 4. The molecule has 102 valence electrons. The highest BCUT2D eigenvalue weighted by Gasteiger charge is 2.33. The number of carbonyl (C=O) groups is 2. The normalized spacial score (nSPS) is 21.3. The number of amides is 1. The van der Waals surface area contributed by atoms with Crippen LogP contribution in [-0.4, -0.2) is 44.6 Å². The van der Waals surface area contributed by atoms with Gasteiger partial charge in [0.1, 0.15) is 0 Å². The number of likely N-dealkylation sites (tertiary alicyclic amines) is 1. The Morgan fingerprint density at radius 1 is 1.61 bits per heavy atom. The molecule has 0 radical (unpaired) electrons. The monoisotopic (exact) mass is 279 g/mol. The van der Waals surface area contributed by atoms with Gasteiger partial charge in [0.15, 0.2) is 0 Å². The Kier molecular flexibility index (Phi) is 4.44. The highest BCUT2D eigenvalue weighted by atomic mass is 32.3. The molecule has 8 heteroatoms. The topological polar surface area (TPSA) is 80.8 Å². The van der Waals surface area contributed by atoms with Crippen molar-refractivity contribution < 1.29 is 26.6 Å². The van der Waals surface area contributed by atoms with E-state index in [1.807, 2.05) is 0 Å². The first kappa shape index (κ1) is 14.6. The van der Waals surface area contributed by atoms with Crippen molar-refractivity contribution >= 4 is 22.1 Å². The Labute approximate surface area is 105 Å². The third-order valence-corrected chi connectivity index (χ3v) is 3.46. The molecule has 0 bridgehead atoms. The fourth-order valence-corrected chi connectivity index (χ4v) is 2.61. The largest absolute Gasteiger partial charge is 0.466 e. The Balaban J connectivity index is 2.73. The smallest absolute Gasteiger partial charge is 0.332 e. The molecule has 1 heterocycles. The molecule has 0 aromatic carbocycles. The average molecular weight is 279 g/mol. The van der Waals surface area contributed by atoms with Gasteiger partial charge in [0.25, 0.3) is 0 Å². The van der Waals surface area contributed by atoms with Gasteiger partial charge in [-0.05, 0) is 6.92 Å². The molecule has 1 rings (SSSR count). The van der Waals surface area contributed by atoms with Gasteiger partial charge in [0.05, 0.1) is 12.9 Å². The van der Waals surface area contributed by atoms with E-state index in [1.165, 1.54) is 18.9 Å². The van der Waals surface area contributed by atoms with Crippen molar-refractivity contribution in [2.45, 2.75) is 13.3 Å². The Hall–Kier alpha value is -1.44. The summed E-state index contributed by atoms with van der Waals surface area (Å²) >= 11 is 0. The van der Waals surface area contributed by atoms with Crippen molar-refractivity contribution in [3.8, 4) is 0 Å². The van der Waals surface area contributed by atoms with Crippen LogP contribution in [0.5, 0.6) is 0 Å². The van der Waals surface area contributed by atoms with E-state index in [2.05, 4.69) is 4.74 Å². The minimum absolute atomic E-state index is 0.0461. The van der Waals surface area contributed by atoms with Crippen molar-refractivity contribution in [3.05, 3.63) is 11.8 Å². The van der Waals surface area contributed by atoms with Crippen molar-refractivity contribution in [1.82, 2.24) is 4.90 Å². The van der Waals surface area contributed by atoms with Gasteiger partial charge in [-0.15, -0.1) is 3.89 Å². The standard InChI is InChI=1S/C10H14FNO5S/c1-7(3-10(14)17-2)12-5-8(4-9(12)13)6-18(11,15)16/h3,8H,4-6H2,1-2H3. The molecule has 1 atom stereocenters. The second-order valence-electron chi connectivity index (χ2n) is 4.09. The van der Waals surface area contributed by atoms with Crippen LogP contribution in [0.4, 0.5) is 3.89 Å². The summed E-state index contributed by atoms with van der Waals surface area (Å²) in [5, 5.41) is 0. The van der Waals surface area contributed by atoms with Crippen molar-refractivity contribution in [2.75, 3.05) is 19.4 Å². The van der Waals surface area contributed by atoms with Crippen LogP contribution < -0.4 is 0 Å². The predicted octanol–water partition coefficient (Wildman–Crippen LogP) is 0.211. The highest BCUT2D eigenvalue weighted by molar-refractivity contribution is 7.86. The summed E-state index contributed by atoms with van der Waals surface area (Å²) in [5.41, 5.74) is 0.352. The van der Waals surface area contributed by atoms with E-state index in [0.29, 0.717) is 5.70 Å². The van der Waals surface area contributed by atoms with Crippen molar-refractivity contribution in [3.63, 3.8) is 0 Å². The van der Waals surface area contributed by atoms with Crippen LogP contribution in [0.1, 0.15) is 13.3 Å². The third-order valence-electron chi connectivity index (χ3n) is 2.59. The molecule has 1 amide bonds. The lowest BCUT2D eigenvalue weighted by atomic mass is 10.1. The highest BCUT2D eigenvalue weighted by Crippen LogP contribution is 2.23. The maximum atomic E-state index is 12.5. The maximum absolute atomic E-state index is 12.5. The zero-order valence-corrected chi connectivity index (χ0v) is 10.9. The molecule has 1 aliphatic heterocycles. The summed E-state index contributed by atoms with van der Waals surface area (Å²) in [6.07, 6.45) is 1.08. The van der Waals surface area contributed by atoms with Crippen molar-refractivity contribution in [1.29, 1.82) is 0 Å². The van der Waals surface area contributed by atoms with Gasteiger partial charge < -0.3 is 9.64 Å². The predicted molar refractivity (Wildman–Crippen MR) is 60.5 cm³/mol. The number of nitrogens with zero attached hydrogens (tertiary/aromatic N) is 1. The van der Waals surface area contributed by atoms with Gasteiger partial charge in [-0.1, -0.05) is 0 Å². The lowest BCUT2D eigenvalue weighted by Gasteiger charge is -2.16. The maximum Gasteiger partial charge on any atom is 0.332 e. The number of methoxy groups -OCH3 is 1. The fourth-order valence-electron chi connectivity index (χ4n) is 1.82. The fraction of sp³-hybridized carbons (Fsp3) is 0.600. The first-order valence-electron chi connectivity index (χ1n) is 5.22. The third kappa shape index (κ3) is 4.10. The molecule has 0 aromatic rings. The lowest BCUT2D eigenvalue weighted by molar-refractivity contribution is -0.135. The Morgan fingerprint density at radius 3 is 2.72 bits per heavy atom. The van der Waals surface area contributed by atoms with E-state index >= 15 is 0 Å². The molecule has 18 heavy (non-hydrogen) atoms. The van der Waals surface area contributed by atoms with Gasteiger partial charge >= 0.3 is 16.2 Å². The average Bonchev–Trinajstić information content (AvgIpc) is 2.56. The van der Waals surface area contributed by atoms with Crippen LogP contribution in [0.2, 0.25) is 0 Å². The zero-order valence-electron chi connectivity index (χ0n) is 10.1. The first-order valence-corrected chi connectivity index (χ1v) is 6.77. The van der Waals surface area contributed by atoms with Crippen LogP contribution >= 0.6 is 0 Å². The number of allylic oxidation sites excluding steroid dienone is 1. The minimum atomic E-state index is -4.60.